The molecular weight excluding hydrogens is 310 g/mol. The zero-order valence-corrected chi connectivity index (χ0v) is 14.6. The number of carbonyl (C=O) groups excluding carboxylic acids is 3. The van der Waals surface area contributed by atoms with E-state index in [1.54, 1.807) is 27.7 Å². The fourth-order valence-electron chi connectivity index (χ4n) is 3.25. The first-order chi connectivity index (χ1) is 11.2. The van der Waals surface area contributed by atoms with Crippen LogP contribution in [0.5, 0.6) is 0 Å². The predicted octanol–water partition coefficient (Wildman–Crippen LogP) is 1.72. The van der Waals surface area contributed by atoms with Crippen molar-refractivity contribution in [3.8, 4) is 0 Å². The monoisotopic (exact) mass is 335 g/mol. The van der Waals surface area contributed by atoms with Crippen molar-refractivity contribution in [2.24, 2.45) is 5.73 Å². The standard InChI is InChI=1S/C17H25N3O4/c1-9(2)24-15(22)12-10(3)13(19-11(12)4)14(21)20-17(16(18)23)7-5-6-8-17/h9,19H,5-8H2,1-4H3,(H2,18,23)(H,20,21). The minimum Gasteiger partial charge on any atom is -0.459 e. The molecule has 0 spiro atoms. The van der Waals surface area contributed by atoms with E-state index >= 15 is 0 Å². The van der Waals surface area contributed by atoms with Crippen LogP contribution in [-0.4, -0.2) is 34.4 Å². The number of ether oxygens (including phenoxy) is 1. The Bertz CT molecular complexity index is 670. The van der Waals surface area contributed by atoms with Gasteiger partial charge in [0, 0.05) is 5.69 Å². The molecule has 0 bridgehead atoms. The molecule has 132 valence electrons. The second-order valence-corrected chi connectivity index (χ2v) is 6.69. The summed E-state index contributed by atoms with van der Waals surface area (Å²) >= 11 is 0. The summed E-state index contributed by atoms with van der Waals surface area (Å²) < 4.78 is 5.22. The highest BCUT2D eigenvalue weighted by Gasteiger charge is 2.41. The summed E-state index contributed by atoms with van der Waals surface area (Å²) in [7, 11) is 0. The molecule has 24 heavy (non-hydrogen) atoms. The number of esters is 1. The van der Waals surface area contributed by atoms with Crippen LogP contribution < -0.4 is 11.1 Å². The van der Waals surface area contributed by atoms with Gasteiger partial charge in [0.05, 0.1) is 11.7 Å². The number of rotatable bonds is 5. The number of aromatic nitrogens is 1. The van der Waals surface area contributed by atoms with Crippen molar-refractivity contribution in [2.45, 2.75) is 65.0 Å². The van der Waals surface area contributed by atoms with E-state index in [4.69, 9.17) is 10.5 Å². The van der Waals surface area contributed by atoms with Gasteiger partial charge in [-0.15, -0.1) is 0 Å². The van der Waals surface area contributed by atoms with Crippen molar-refractivity contribution < 1.29 is 19.1 Å². The first kappa shape index (κ1) is 18.0. The zero-order chi connectivity index (χ0) is 18.1. The first-order valence-corrected chi connectivity index (χ1v) is 8.20. The summed E-state index contributed by atoms with van der Waals surface area (Å²) in [6, 6.07) is 0. The van der Waals surface area contributed by atoms with E-state index in [0.29, 0.717) is 29.7 Å². The molecule has 1 aromatic heterocycles. The Balaban J connectivity index is 2.28. The molecule has 4 N–H and O–H groups in total. The van der Waals surface area contributed by atoms with Gasteiger partial charge in [0.25, 0.3) is 5.91 Å². The predicted molar refractivity (Wildman–Crippen MR) is 88.7 cm³/mol. The van der Waals surface area contributed by atoms with Gasteiger partial charge in [-0.2, -0.15) is 0 Å². The van der Waals surface area contributed by atoms with Crippen molar-refractivity contribution >= 4 is 17.8 Å². The molecule has 1 aliphatic rings. The second-order valence-electron chi connectivity index (χ2n) is 6.69. The third-order valence-electron chi connectivity index (χ3n) is 4.49. The molecule has 2 amide bonds. The number of aryl methyl sites for hydroxylation is 1. The van der Waals surface area contributed by atoms with Gasteiger partial charge in [-0.3, -0.25) is 9.59 Å². The minimum atomic E-state index is -0.999. The highest BCUT2D eigenvalue weighted by Crippen LogP contribution is 2.30. The number of primary amides is 1. The van der Waals surface area contributed by atoms with Gasteiger partial charge in [0.15, 0.2) is 0 Å². The molecule has 7 heteroatoms. The summed E-state index contributed by atoms with van der Waals surface area (Å²) in [5.41, 5.74) is 6.18. The quantitative estimate of drug-likeness (QED) is 0.711. The lowest BCUT2D eigenvalue weighted by Crippen LogP contribution is -2.55. The average Bonchev–Trinajstić information content (AvgIpc) is 3.04. The third-order valence-corrected chi connectivity index (χ3v) is 4.49. The number of carbonyl (C=O) groups is 3. The first-order valence-electron chi connectivity index (χ1n) is 8.20. The molecule has 0 saturated heterocycles. The van der Waals surface area contributed by atoms with E-state index in [1.165, 1.54) is 0 Å². The average molecular weight is 335 g/mol. The van der Waals surface area contributed by atoms with Crippen LogP contribution in [0, 0.1) is 13.8 Å². The molecule has 1 heterocycles. The van der Waals surface area contributed by atoms with Crippen molar-refractivity contribution in [1.29, 1.82) is 0 Å². The Morgan fingerprint density at radius 2 is 1.79 bits per heavy atom. The van der Waals surface area contributed by atoms with E-state index in [2.05, 4.69) is 10.3 Å². The number of nitrogens with two attached hydrogens (primary N) is 1. The Hall–Kier alpha value is -2.31. The molecule has 1 saturated carbocycles. The van der Waals surface area contributed by atoms with E-state index in [-0.39, 0.29) is 11.8 Å². The van der Waals surface area contributed by atoms with Crippen LogP contribution >= 0.6 is 0 Å². The number of hydrogen-bond donors (Lipinski definition) is 3. The van der Waals surface area contributed by atoms with E-state index < -0.39 is 23.3 Å². The molecule has 0 aromatic carbocycles. The highest BCUT2D eigenvalue weighted by molar-refractivity contribution is 6.02. The van der Waals surface area contributed by atoms with Crippen LogP contribution in [0.3, 0.4) is 0 Å². The van der Waals surface area contributed by atoms with Gasteiger partial charge in [0.1, 0.15) is 11.2 Å². The van der Waals surface area contributed by atoms with Crippen LogP contribution in [0.4, 0.5) is 0 Å². The number of amides is 2. The molecule has 0 radical (unpaired) electrons. The van der Waals surface area contributed by atoms with E-state index in [1.807, 2.05) is 0 Å². The third kappa shape index (κ3) is 3.29. The van der Waals surface area contributed by atoms with Gasteiger partial charge >= 0.3 is 5.97 Å². The van der Waals surface area contributed by atoms with Crippen LogP contribution in [0.2, 0.25) is 0 Å². The minimum absolute atomic E-state index is 0.250. The summed E-state index contributed by atoms with van der Waals surface area (Å²) in [5, 5.41) is 2.77. The Kier molecular flexibility index (Phi) is 5.01. The highest BCUT2D eigenvalue weighted by atomic mass is 16.5. The van der Waals surface area contributed by atoms with Gasteiger partial charge in [-0.1, -0.05) is 12.8 Å². The number of nitrogens with one attached hydrogen (secondary N) is 2. The van der Waals surface area contributed by atoms with Gasteiger partial charge < -0.3 is 20.8 Å². The maximum Gasteiger partial charge on any atom is 0.340 e. The fraction of sp³-hybridized carbons (Fsp3) is 0.588. The maximum absolute atomic E-state index is 12.6. The largest absolute Gasteiger partial charge is 0.459 e. The summed E-state index contributed by atoms with van der Waals surface area (Å²) in [4.78, 5) is 39.6. The molecule has 2 rings (SSSR count). The lowest BCUT2D eigenvalue weighted by molar-refractivity contribution is -0.123. The van der Waals surface area contributed by atoms with Crippen molar-refractivity contribution in [2.75, 3.05) is 0 Å². The molecule has 7 nitrogen and oxygen atoms in total. The molecule has 1 aliphatic carbocycles. The SMILES string of the molecule is Cc1[nH]c(C(=O)NC2(C(N)=O)CCCC2)c(C)c1C(=O)OC(C)C. The summed E-state index contributed by atoms with van der Waals surface area (Å²) in [6.45, 7) is 6.92. The molecule has 0 aliphatic heterocycles. The van der Waals surface area contributed by atoms with Crippen LogP contribution in [-0.2, 0) is 9.53 Å². The Morgan fingerprint density at radius 1 is 1.21 bits per heavy atom. The normalized spacial score (nSPS) is 16.2. The van der Waals surface area contributed by atoms with E-state index in [9.17, 15) is 14.4 Å². The Labute approximate surface area is 141 Å². The number of hydrogen-bond acceptors (Lipinski definition) is 4. The molecule has 0 atom stereocenters. The van der Waals surface area contributed by atoms with E-state index in [0.717, 1.165) is 12.8 Å². The lowest BCUT2D eigenvalue weighted by atomic mass is 9.96. The van der Waals surface area contributed by atoms with Crippen LogP contribution in [0.15, 0.2) is 0 Å². The molecule has 0 unspecified atom stereocenters. The number of H-pyrrole nitrogens is 1. The fourth-order valence-corrected chi connectivity index (χ4v) is 3.25. The topological polar surface area (TPSA) is 114 Å². The number of aromatic amines is 1. The van der Waals surface area contributed by atoms with Crippen molar-refractivity contribution in [3.63, 3.8) is 0 Å². The Morgan fingerprint density at radius 3 is 2.29 bits per heavy atom. The second kappa shape index (κ2) is 6.67. The van der Waals surface area contributed by atoms with Crippen LogP contribution in [0.25, 0.3) is 0 Å². The molecule has 1 aromatic rings. The maximum atomic E-state index is 12.6. The van der Waals surface area contributed by atoms with Gasteiger partial charge in [-0.25, -0.2) is 4.79 Å². The van der Waals surface area contributed by atoms with Gasteiger partial charge in [-0.05, 0) is 46.1 Å². The van der Waals surface area contributed by atoms with Crippen LogP contribution in [0.1, 0.15) is 71.6 Å². The lowest BCUT2D eigenvalue weighted by Gasteiger charge is -2.26. The zero-order valence-electron chi connectivity index (χ0n) is 14.6. The smallest absolute Gasteiger partial charge is 0.340 e. The molecular formula is C17H25N3O4. The molecule has 1 fully saturated rings. The van der Waals surface area contributed by atoms with Gasteiger partial charge in [0.2, 0.25) is 5.91 Å². The van der Waals surface area contributed by atoms with Crippen molar-refractivity contribution in [1.82, 2.24) is 10.3 Å². The summed E-state index contributed by atoms with van der Waals surface area (Å²) in [6.07, 6.45) is 2.51. The summed E-state index contributed by atoms with van der Waals surface area (Å²) in [5.74, 6) is -1.42. The van der Waals surface area contributed by atoms with Crippen molar-refractivity contribution in [3.05, 3.63) is 22.5 Å².